The molecule has 2 amide bonds. The van der Waals surface area contributed by atoms with E-state index in [2.05, 4.69) is 15.4 Å². The van der Waals surface area contributed by atoms with Crippen molar-refractivity contribution in [1.29, 1.82) is 0 Å². The van der Waals surface area contributed by atoms with Crippen molar-refractivity contribution in [2.45, 2.75) is 40.8 Å². The molecular formula is C22H31N7O3. The molecule has 0 bridgehead atoms. The van der Waals surface area contributed by atoms with Gasteiger partial charge in [-0.1, -0.05) is 26.0 Å². The van der Waals surface area contributed by atoms with Crippen LogP contribution in [0, 0.1) is 6.92 Å². The van der Waals surface area contributed by atoms with Crippen LogP contribution in [0.4, 0.5) is 5.95 Å². The minimum atomic E-state index is -0.597. The van der Waals surface area contributed by atoms with Crippen LogP contribution in [-0.2, 0) is 13.1 Å². The molecule has 10 nitrogen and oxygen atoms in total. The van der Waals surface area contributed by atoms with Gasteiger partial charge in [-0.2, -0.15) is 5.10 Å². The molecule has 0 spiro atoms. The quantitative estimate of drug-likeness (QED) is 0.458. The molecule has 0 saturated heterocycles. The van der Waals surface area contributed by atoms with E-state index in [1.165, 1.54) is 7.11 Å². The van der Waals surface area contributed by atoms with Gasteiger partial charge in [0.1, 0.15) is 17.0 Å². The number of ether oxygens (including phenoxy) is 1. The van der Waals surface area contributed by atoms with Crippen LogP contribution in [0.1, 0.15) is 47.3 Å². The van der Waals surface area contributed by atoms with Gasteiger partial charge in [-0.3, -0.25) is 19.6 Å². The van der Waals surface area contributed by atoms with Gasteiger partial charge in [0.2, 0.25) is 11.9 Å². The molecule has 0 fully saturated rings. The summed E-state index contributed by atoms with van der Waals surface area (Å²) in [6.07, 6.45) is 3.66. The summed E-state index contributed by atoms with van der Waals surface area (Å²) in [5.41, 5.74) is 13.5. The second kappa shape index (κ2) is 11.1. The van der Waals surface area contributed by atoms with Crippen molar-refractivity contribution < 1.29 is 14.3 Å². The third-order valence-corrected chi connectivity index (χ3v) is 4.56. The lowest BCUT2D eigenvalue weighted by Crippen LogP contribution is -2.20. The number of nitrogens with one attached hydrogen (secondary N) is 1. The summed E-state index contributed by atoms with van der Waals surface area (Å²) in [5.74, 6) is -0.213. The van der Waals surface area contributed by atoms with Gasteiger partial charge in [0.15, 0.2) is 0 Å². The zero-order valence-electron chi connectivity index (χ0n) is 19.2. The Morgan fingerprint density at radius 2 is 1.94 bits per heavy atom. The normalized spacial score (nSPS) is 10.8. The van der Waals surface area contributed by atoms with E-state index in [9.17, 15) is 9.59 Å². The Morgan fingerprint density at radius 3 is 2.53 bits per heavy atom. The number of nitrogens with zero attached hydrogens (tertiary/aromatic N) is 4. The molecule has 0 aliphatic heterocycles. The van der Waals surface area contributed by atoms with E-state index in [0.29, 0.717) is 48.1 Å². The van der Waals surface area contributed by atoms with Crippen LogP contribution >= 0.6 is 0 Å². The second-order valence-corrected chi connectivity index (χ2v) is 6.60. The van der Waals surface area contributed by atoms with Gasteiger partial charge in [0, 0.05) is 25.2 Å². The third kappa shape index (κ3) is 5.14. The number of methoxy groups -OCH3 is 1. The van der Waals surface area contributed by atoms with Crippen molar-refractivity contribution in [3.05, 3.63) is 47.3 Å². The molecule has 0 aliphatic carbocycles. The van der Waals surface area contributed by atoms with Crippen molar-refractivity contribution >= 4 is 28.8 Å². The molecule has 32 heavy (non-hydrogen) atoms. The fraction of sp³-hybridized carbons (Fsp3) is 0.364. The van der Waals surface area contributed by atoms with Crippen LogP contribution in [0.3, 0.4) is 0 Å². The van der Waals surface area contributed by atoms with E-state index in [1.807, 2.05) is 33.8 Å². The summed E-state index contributed by atoms with van der Waals surface area (Å²) >= 11 is 0. The molecule has 2 heterocycles. The standard InChI is InChI=1S/C20H25N7O3.C2H6/c1-4-27-15(9-12(2)25-27)19(29)24-20-23-14-10-13(18(22)28)11-16(30-3)17(14)26(20)8-6-5-7-21;1-2/h5-6,9-11H,4,7-8,21H2,1-3H3,(H2,22,28)(H,23,24,29);1-2H3/b6-5+;. The highest BCUT2D eigenvalue weighted by Gasteiger charge is 2.21. The first-order valence-corrected chi connectivity index (χ1v) is 10.5. The van der Waals surface area contributed by atoms with Crippen LogP contribution in [0.25, 0.3) is 11.0 Å². The maximum absolute atomic E-state index is 12.9. The summed E-state index contributed by atoms with van der Waals surface area (Å²) in [6, 6.07) is 4.84. The molecular weight excluding hydrogens is 410 g/mol. The highest BCUT2D eigenvalue weighted by Crippen LogP contribution is 2.31. The Labute approximate surface area is 187 Å². The lowest BCUT2D eigenvalue weighted by molar-refractivity contribution is 0.0995. The first-order chi connectivity index (χ1) is 15.4. The summed E-state index contributed by atoms with van der Waals surface area (Å²) in [4.78, 5) is 29.1. The smallest absolute Gasteiger partial charge is 0.276 e. The Morgan fingerprint density at radius 1 is 1.22 bits per heavy atom. The minimum Gasteiger partial charge on any atom is -0.494 e. The molecule has 0 atom stereocenters. The molecule has 0 saturated carbocycles. The number of fused-ring (bicyclic) bond motifs is 1. The second-order valence-electron chi connectivity index (χ2n) is 6.60. The molecule has 2 aromatic heterocycles. The highest BCUT2D eigenvalue weighted by molar-refractivity contribution is 6.04. The molecule has 0 aliphatic rings. The van der Waals surface area contributed by atoms with Gasteiger partial charge < -0.3 is 20.8 Å². The molecule has 10 heteroatoms. The van der Waals surface area contributed by atoms with E-state index < -0.39 is 5.91 Å². The summed E-state index contributed by atoms with van der Waals surface area (Å²) in [6.45, 7) is 9.06. The zero-order valence-corrected chi connectivity index (χ0v) is 19.2. The van der Waals surface area contributed by atoms with Gasteiger partial charge in [0.05, 0.1) is 18.3 Å². The topological polar surface area (TPSA) is 143 Å². The number of allylic oxidation sites excluding steroid dienone is 1. The van der Waals surface area contributed by atoms with E-state index in [1.54, 1.807) is 33.5 Å². The summed E-state index contributed by atoms with van der Waals surface area (Å²) in [7, 11) is 1.49. The van der Waals surface area contributed by atoms with E-state index in [4.69, 9.17) is 16.2 Å². The average molecular weight is 442 g/mol. The lowest BCUT2D eigenvalue weighted by Gasteiger charge is -2.11. The molecule has 3 rings (SSSR count). The number of anilines is 1. The predicted octanol–water partition coefficient (Wildman–Crippen LogP) is 2.46. The SMILES string of the molecule is CC.CCn1nc(C)cc1C(=O)Nc1nc2cc(C(N)=O)cc(OC)c2n1C/C=C/CN. The summed E-state index contributed by atoms with van der Waals surface area (Å²) in [5, 5.41) is 7.15. The number of aryl methyl sites for hydroxylation is 2. The third-order valence-electron chi connectivity index (χ3n) is 4.56. The van der Waals surface area contributed by atoms with E-state index in [0.717, 1.165) is 5.69 Å². The first-order valence-electron chi connectivity index (χ1n) is 10.5. The first kappa shape index (κ1) is 24.6. The van der Waals surface area contributed by atoms with Crippen LogP contribution in [-0.4, -0.2) is 44.8 Å². The number of aromatic nitrogens is 4. The number of carbonyl (C=O) groups is 2. The Hall–Kier alpha value is -3.66. The molecule has 3 aromatic rings. The van der Waals surface area contributed by atoms with Crippen LogP contribution in [0.5, 0.6) is 5.75 Å². The van der Waals surface area contributed by atoms with E-state index >= 15 is 0 Å². The Balaban J connectivity index is 0.00000176. The number of hydrogen-bond acceptors (Lipinski definition) is 6. The van der Waals surface area contributed by atoms with Gasteiger partial charge in [0.25, 0.3) is 5.91 Å². The minimum absolute atomic E-state index is 0.263. The molecule has 172 valence electrons. The maximum atomic E-state index is 12.9. The summed E-state index contributed by atoms with van der Waals surface area (Å²) < 4.78 is 8.87. The molecule has 0 unspecified atom stereocenters. The van der Waals surface area contributed by atoms with Crippen LogP contribution < -0.4 is 21.5 Å². The Bertz CT molecular complexity index is 1130. The largest absolute Gasteiger partial charge is 0.494 e. The van der Waals surface area contributed by atoms with Crippen molar-refractivity contribution in [2.24, 2.45) is 11.5 Å². The van der Waals surface area contributed by atoms with Crippen LogP contribution in [0.2, 0.25) is 0 Å². The van der Waals surface area contributed by atoms with Gasteiger partial charge in [-0.15, -0.1) is 0 Å². The number of imidazole rings is 1. The average Bonchev–Trinajstić information content (AvgIpc) is 3.34. The predicted molar refractivity (Wildman–Crippen MR) is 125 cm³/mol. The van der Waals surface area contributed by atoms with Crippen LogP contribution in [0.15, 0.2) is 30.4 Å². The number of benzene rings is 1. The van der Waals surface area contributed by atoms with Gasteiger partial charge in [-0.25, -0.2) is 4.98 Å². The van der Waals surface area contributed by atoms with Gasteiger partial charge in [-0.05, 0) is 32.0 Å². The molecule has 5 N–H and O–H groups in total. The number of amides is 2. The fourth-order valence-electron chi connectivity index (χ4n) is 3.21. The number of carbonyl (C=O) groups excluding carboxylic acids is 2. The Kier molecular flexibility index (Phi) is 8.54. The van der Waals surface area contributed by atoms with Crippen molar-refractivity contribution in [2.75, 3.05) is 19.0 Å². The number of hydrogen-bond donors (Lipinski definition) is 3. The fourth-order valence-corrected chi connectivity index (χ4v) is 3.21. The number of nitrogens with two attached hydrogens (primary N) is 2. The molecule has 1 aromatic carbocycles. The van der Waals surface area contributed by atoms with Crippen molar-refractivity contribution in [1.82, 2.24) is 19.3 Å². The van der Waals surface area contributed by atoms with Crippen molar-refractivity contribution in [3.63, 3.8) is 0 Å². The number of primary amides is 1. The number of rotatable bonds is 8. The van der Waals surface area contributed by atoms with Gasteiger partial charge >= 0.3 is 0 Å². The lowest BCUT2D eigenvalue weighted by atomic mass is 10.1. The zero-order chi connectivity index (χ0) is 23.8. The van der Waals surface area contributed by atoms with E-state index in [-0.39, 0.29) is 11.5 Å². The molecule has 0 radical (unpaired) electrons. The maximum Gasteiger partial charge on any atom is 0.276 e. The van der Waals surface area contributed by atoms with Crippen molar-refractivity contribution in [3.8, 4) is 5.75 Å². The monoisotopic (exact) mass is 441 g/mol. The highest BCUT2D eigenvalue weighted by atomic mass is 16.5.